The number of hydrogen-bond acceptors (Lipinski definition) is 3. The summed E-state index contributed by atoms with van der Waals surface area (Å²) >= 11 is 6.78. The van der Waals surface area contributed by atoms with Crippen LogP contribution in [-0.4, -0.2) is 13.6 Å². The van der Waals surface area contributed by atoms with Crippen LogP contribution in [0.5, 0.6) is 0 Å². The lowest BCUT2D eigenvalue weighted by Crippen LogP contribution is -2.23. The molecule has 13 heavy (non-hydrogen) atoms. The molecule has 74 valence electrons. The summed E-state index contributed by atoms with van der Waals surface area (Å²) < 4.78 is 24.3. The molecule has 0 unspecified atom stereocenters. The van der Waals surface area contributed by atoms with Crippen molar-refractivity contribution in [2.45, 2.75) is 13.5 Å². The molecule has 1 rings (SSSR count). The number of nitrogens with one attached hydrogen (secondary N) is 1. The van der Waals surface area contributed by atoms with E-state index in [4.69, 9.17) is 11.6 Å². The molecule has 0 radical (unpaired) electrons. The van der Waals surface area contributed by atoms with Gasteiger partial charge in [-0.25, -0.2) is 13.1 Å². The van der Waals surface area contributed by atoms with Gasteiger partial charge in [0.05, 0.1) is 0 Å². The van der Waals surface area contributed by atoms with Gasteiger partial charge in [-0.15, -0.1) is 11.6 Å². The molecule has 0 atom stereocenters. The van der Waals surface area contributed by atoms with Crippen LogP contribution in [0.1, 0.15) is 11.1 Å². The molecule has 1 N–H and O–H groups in total. The van der Waals surface area contributed by atoms with Gasteiger partial charge >= 0.3 is 0 Å². The van der Waals surface area contributed by atoms with Gasteiger partial charge in [0, 0.05) is 6.54 Å². The van der Waals surface area contributed by atoms with Gasteiger partial charge in [0.1, 0.15) is 5.21 Å². The second-order valence-electron chi connectivity index (χ2n) is 2.63. The zero-order valence-electron chi connectivity index (χ0n) is 7.08. The molecule has 6 heteroatoms. The van der Waals surface area contributed by atoms with Crippen LogP contribution in [0, 0.1) is 6.92 Å². The van der Waals surface area contributed by atoms with Crippen molar-refractivity contribution in [1.29, 1.82) is 0 Å². The average Bonchev–Trinajstić information content (AvgIpc) is 2.48. The molecule has 0 saturated heterocycles. The Labute approximate surface area is 86.8 Å². The first-order valence-electron chi connectivity index (χ1n) is 3.60. The monoisotopic (exact) mass is 239 g/mol. The van der Waals surface area contributed by atoms with Crippen molar-refractivity contribution < 1.29 is 8.42 Å². The van der Waals surface area contributed by atoms with Gasteiger partial charge in [-0.3, -0.25) is 0 Å². The molecule has 0 amide bonds. The molecule has 1 aromatic heterocycles. The lowest BCUT2D eigenvalue weighted by atomic mass is 10.2. The number of halogens is 1. The van der Waals surface area contributed by atoms with E-state index in [2.05, 4.69) is 4.72 Å². The fraction of sp³-hybridized carbons (Fsp3) is 0.429. The van der Waals surface area contributed by atoms with E-state index in [0.717, 1.165) is 11.1 Å². The summed E-state index contributed by atoms with van der Waals surface area (Å²) in [5.74, 6) is 0. The Morgan fingerprint density at radius 2 is 2.23 bits per heavy atom. The van der Waals surface area contributed by atoms with Crippen molar-refractivity contribution in [1.82, 2.24) is 4.72 Å². The largest absolute Gasteiger partial charge is 0.225 e. The number of rotatable bonds is 4. The third-order valence-corrected chi connectivity index (χ3v) is 4.23. The first kappa shape index (κ1) is 11.0. The van der Waals surface area contributed by atoms with Gasteiger partial charge in [-0.2, -0.15) is 11.3 Å². The Kier molecular flexibility index (Phi) is 3.73. The van der Waals surface area contributed by atoms with E-state index in [1.807, 2.05) is 17.7 Å². The maximum absolute atomic E-state index is 11.0. The molecule has 0 aliphatic heterocycles. The van der Waals surface area contributed by atoms with Crippen molar-refractivity contribution >= 4 is 33.0 Å². The van der Waals surface area contributed by atoms with Crippen LogP contribution in [0.3, 0.4) is 0 Å². The molecule has 0 aromatic carbocycles. The minimum atomic E-state index is -3.29. The molecule has 0 saturated carbocycles. The van der Waals surface area contributed by atoms with Crippen molar-refractivity contribution in [3.05, 3.63) is 21.9 Å². The maximum atomic E-state index is 11.0. The molecule has 3 nitrogen and oxygen atoms in total. The second kappa shape index (κ2) is 4.41. The number of hydrogen-bond donors (Lipinski definition) is 1. The van der Waals surface area contributed by atoms with Crippen LogP contribution in [0.25, 0.3) is 0 Å². The highest BCUT2D eigenvalue weighted by Crippen LogP contribution is 2.13. The first-order valence-corrected chi connectivity index (χ1v) is 6.73. The number of aryl methyl sites for hydroxylation is 1. The zero-order chi connectivity index (χ0) is 9.90. The van der Waals surface area contributed by atoms with Crippen molar-refractivity contribution in [2.24, 2.45) is 0 Å². The summed E-state index contributed by atoms with van der Waals surface area (Å²) in [5.41, 5.74) is 2.10. The molecular weight excluding hydrogens is 230 g/mol. The minimum absolute atomic E-state index is 0.324. The third-order valence-electron chi connectivity index (χ3n) is 1.59. The van der Waals surface area contributed by atoms with E-state index >= 15 is 0 Å². The average molecular weight is 240 g/mol. The van der Waals surface area contributed by atoms with Gasteiger partial charge in [0.2, 0.25) is 10.0 Å². The molecule has 0 fully saturated rings. The number of alkyl halides is 1. The summed E-state index contributed by atoms with van der Waals surface area (Å²) in [6.07, 6.45) is 0. The van der Waals surface area contributed by atoms with Crippen molar-refractivity contribution in [3.63, 3.8) is 0 Å². The fourth-order valence-corrected chi connectivity index (χ4v) is 2.34. The van der Waals surface area contributed by atoms with E-state index in [1.165, 1.54) is 0 Å². The molecule has 1 aromatic rings. The molecule has 0 aliphatic rings. The highest BCUT2D eigenvalue weighted by Gasteiger charge is 2.08. The highest BCUT2D eigenvalue weighted by molar-refractivity contribution is 7.90. The molecule has 1 heterocycles. The Morgan fingerprint density at radius 1 is 1.54 bits per heavy atom. The zero-order valence-corrected chi connectivity index (χ0v) is 9.47. The van der Waals surface area contributed by atoms with E-state index < -0.39 is 15.2 Å². The van der Waals surface area contributed by atoms with Crippen LogP contribution in [0.15, 0.2) is 10.8 Å². The number of sulfonamides is 1. The smallest absolute Gasteiger partial charge is 0.211 e. The van der Waals surface area contributed by atoms with Crippen molar-refractivity contribution in [3.8, 4) is 0 Å². The van der Waals surface area contributed by atoms with Crippen LogP contribution in [0.2, 0.25) is 0 Å². The summed E-state index contributed by atoms with van der Waals surface area (Å²) in [7, 11) is -3.29. The van der Waals surface area contributed by atoms with Gasteiger partial charge < -0.3 is 0 Å². The quantitative estimate of drug-likeness (QED) is 0.813. The second-order valence-corrected chi connectivity index (χ2v) is 5.76. The minimum Gasteiger partial charge on any atom is -0.211 e. The third kappa shape index (κ3) is 3.27. The maximum Gasteiger partial charge on any atom is 0.225 e. The topological polar surface area (TPSA) is 46.2 Å². The summed E-state index contributed by atoms with van der Waals surface area (Å²) in [6.45, 7) is 2.27. The molecule has 0 bridgehead atoms. The SMILES string of the molecule is Cc1cscc1CNS(=O)(=O)CCl. The summed E-state index contributed by atoms with van der Waals surface area (Å²) in [5, 5.41) is 3.51. The number of thiophene rings is 1. The van der Waals surface area contributed by atoms with E-state index in [0.29, 0.717) is 6.54 Å². The highest BCUT2D eigenvalue weighted by atomic mass is 35.5. The van der Waals surface area contributed by atoms with Crippen LogP contribution >= 0.6 is 22.9 Å². The Hall–Kier alpha value is -0.100. The van der Waals surface area contributed by atoms with E-state index in [9.17, 15) is 8.42 Å². The predicted molar refractivity (Wildman–Crippen MR) is 55.5 cm³/mol. The van der Waals surface area contributed by atoms with Gasteiger partial charge in [-0.1, -0.05) is 0 Å². The fourth-order valence-electron chi connectivity index (χ4n) is 0.794. The Balaban J connectivity index is 2.58. The Bertz CT molecular complexity index is 372. The lowest BCUT2D eigenvalue weighted by Gasteiger charge is -2.02. The standard InChI is InChI=1S/C7H10ClNO2S2/c1-6-3-12-4-7(6)2-9-13(10,11)5-8/h3-4,9H,2,5H2,1H3. The predicted octanol–water partition coefficient (Wildman–Crippen LogP) is 1.67. The molecule has 0 aliphatic carbocycles. The van der Waals surface area contributed by atoms with Gasteiger partial charge in [0.15, 0.2) is 0 Å². The summed E-state index contributed by atoms with van der Waals surface area (Å²) in [6, 6.07) is 0. The van der Waals surface area contributed by atoms with Gasteiger partial charge in [0.25, 0.3) is 0 Å². The normalized spacial score (nSPS) is 11.8. The first-order chi connectivity index (χ1) is 6.05. The van der Waals surface area contributed by atoms with Crippen LogP contribution < -0.4 is 4.72 Å². The van der Waals surface area contributed by atoms with Crippen LogP contribution in [-0.2, 0) is 16.6 Å². The van der Waals surface area contributed by atoms with Crippen LogP contribution in [0.4, 0.5) is 0 Å². The van der Waals surface area contributed by atoms with Crippen molar-refractivity contribution in [2.75, 3.05) is 5.21 Å². The van der Waals surface area contributed by atoms with Gasteiger partial charge in [-0.05, 0) is 28.8 Å². The summed E-state index contributed by atoms with van der Waals surface area (Å²) in [4.78, 5) is 0. The Morgan fingerprint density at radius 3 is 2.69 bits per heavy atom. The lowest BCUT2D eigenvalue weighted by molar-refractivity contribution is 0.586. The van der Waals surface area contributed by atoms with E-state index in [1.54, 1.807) is 11.3 Å². The molecule has 0 spiro atoms. The molecular formula is C7H10ClNO2S2. The van der Waals surface area contributed by atoms with E-state index in [-0.39, 0.29) is 0 Å².